The Morgan fingerprint density at radius 3 is 2.78 bits per heavy atom. The summed E-state index contributed by atoms with van der Waals surface area (Å²) in [4.78, 5) is 2.54. The van der Waals surface area contributed by atoms with Crippen molar-refractivity contribution < 1.29 is 4.74 Å². The molecule has 0 atom stereocenters. The molecular formula is C15H24N2O. The Balaban J connectivity index is 1.67. The van der Waals surface area contributed by atoms with Crippen molar-refractivity contribution in [2.75, 3.05) is 32.5 Å². The zero-order valence-electron chi connectivity index (χ0n) is 11.3. The second-order valence-corrected chi connectivity index (χ2v) is 5.13. The highest BCUT2D eigenvalue weighted by molar-refractivity contribution is 5.40. The molecule has 2 N–H and O–H groups in total. The van der Waals surface area contributed by atoms with Gasteiger partial charge in [0.2, 0.25) is 0 Å². The van der Waals surface area contributed by atoms with E-state index in [4.69, 9.17) is 10.5 Å². The number of hydrogen-bond acceptors (Lipinski definition) is 3. The quantitative estimate of drug-likeness (QED) is 0.813. The molecule has 2 rings (SSSR count). The van der Waals surface area contributed by atoms with Gasteiger partial charge in [-0.05, 0) is 49.9 Å². The van der Waals surface area contributed by atoms with Crippen LogP contribution in [0.2, 0.25) is 0 Å². The molecule has 0 amide bonds. The van der Waals surface area contributed by atoms with Gasteiger partial charge in [-0.25, -0.2) is 0 Å². The second-order valence-electron chi connectivity index (χ2n) is 5.13. The van der Waals surface area contributed by atoms with Crippen LogP contribution in [0.25, 0.3) is 0 Å². The van der Waals surface area contributed by atoms with E-state index in [1.807, 2.05) is 19.2 Å². The number of likely N-dealkylation sites (tertiary alicyclic amines) is 1. The molecule has 1 heterocycles. The van der Waals surface area contributed by atoms with E-state index in [9.17, 15) is 0 Å². The van der Waals surface area contributed by atoms with E-state index in [1.54, 1.807) is 0 Å². The molecule has 0 radical (unpaired) electrons. The minimum absolute atomic E-state index is 0.482. The summed E-state index contributed by atoms with van der Waals surface area (Å²) in [6.07, 6.45) is 5.16. The van der Waals surface area contributed by atoms with Crippen LogP contribution in [0.3, 0.4) is 0 Å². The molecule has 100 valence electrons. The summed E-state index contributed by atoms with van der Waals surface area (Å²) < 4.78 is 5.39. The van der Waals surface area contributed by atoms with Gasteiger partial charge in [-0.2, -0.15) is 0 Å². The standard InChI is InChI=1S/C15H24N2O/c1-18-15-7-10-17(11-8-15)9-3-5-13-4-2-6-14(16)12-13/h2,4,6,12,15H,3,5,7-11,16H2,1H3. The Hall–Kier alpha value is -1.06. The minimum atomic E-state index is 0.482. The number of benzene rings is 1. The number of aryl methyl sites for hydroxylation is 1. The molecule has 0 aromatic heterocycles. The topological polar surface area (TPSA) is 38.5 Å². The van der Waals surface area contributed by atoms with E-state index in [-0.39, 0.29) is 0 Å². The number of piperidine rings is 1. The van der Waals surface area contributed by atoms with Gasteiger partial charge in [0.25, 0.3) is 0 Å². The van der Waals surface area contributed by atoms with Crippen LogP contribution in [-0.2, 0) is 11.2 Å². The fraction of sp³-hybridized carbons (Fsp3) is 0.600. The number of ether oxygens (including phenoxy) is 1. The Morgan fingerprint density at radius 2 is 2.11 bits per heavy atom. The largest absolute Gasteiger partial charge is 0.399 e. The molecule has 18 heavy (non-hydrogen) atoms. The first-order valence-electron chi connectivity index (χ1n) is 6.87. The summed E-state index contributed by atoms with van der Waals surface area (Å²) in [5.41, 5.74) is 8.00. The van der Waals surface area contributed by atoms with Crippen molar-refractivity contribution in [2.45, 2.75) is 31.8 Å². The maximum atomic E-state index is 5.78. The molecule has 1 aromatic rings. The lowest BCUT2D eigenvalue weighted by Crippen LogP contribution is -2.37. The Kier molecular flexibility index (Phi) is 5.02. The number of methoxy groups -OCH3 is 1. The van der Waals surface area contributed by atoms with Crippen LogP contribution in [0.4, 0.5) is 5.69 Å². The maximum absolute atomic E-state index is 5.78. The highest BCUT2D eigenvalue weighted by atomic mass is 16.5. The molecule has 0 spiro atoms. The number of nitrogens with zero attached hydrogens (tertiary/aromatic N) is 1. The summed E-state index contributed by atoms with van der Waals surface area (Å²) in [5, 5.41) is 0. The van der Waals surface area contributed by atoms with Gasteiger partial charge >= 0.3 is 0 Å². The third-order valence-electron chi connectivity index (χ3n) is 3.76. The van der Waals surface area contributed by atoms with Crippen LogP contribution in [0.1, 0.15) is 24.8 Å². The van der Waals surface area contributed by atoms with Crippen molar-refractivity contribution >= 4 is 5.69 Å². The van der Waals surface area contributed by atoms with Gasteiger partial charge in [0, 0.05) is 25.9 Å². The SMILES string of the molecule is COC1CCN(CCCc2cccc(N)c2)CC1. The molecule has 3 heteroatoms. The molecule has 1 aromatic carbocycles. The van der Waals surface area contributed by atoms with Crippen LogP contribution in [0.15, 0.2) is 24.3 Å². The minimum Gasteiger partial charge on any atom is -0.399 e. The first-order valence-corrected chi connectivity index (χ1v) is 6.87. The Morgan fingerprint density at radius 1 is 1.33 bits per heavy atom. The van der Waals surface area contributed by atoms with Crippen LogP contribution in [0.5, 0.6) is 0 Å². The normalized spacial score (nSPS) is 18.1. The highest BCUT2D eigenvalue weighted by Crippen LogP contribution is 2.14. The van der Waals surface area contributed by atoms with Crippen molar-refractivity contribution in [3.05, 3.63) is 29.8 Å². The maximum Gasteiger partial charge on any atom is 0.0595 e. The van der Waals surface area contributed by atoms with Crippen molar-refractivity contribution in [3.8, 4) is 0 Å². The first-order chi connectivity index (χ1) is 8.78. The van der Waals surface area contributed by atoms with Crippen molar-refractivity contribution in [2.24, 2.45) is 0 Å². The average Bonchev–Trinajstić information content (AvgIpc) is 2.40. The van der Waals surface area contributed by atoms with Gasteiger partial charge in [-0.15, -0.1) is 0 Å². The van der Waals surface area contributed by atoms with E-state index in [2.05, 4.69) is 17.0 Å². The fourth-order valence-corrected chi connectivity index (χ4v) is 2.62. The predicted molar refractivity (Wildman–Crippen MR) is 75.6 cm³/mol. The number of anilines is 1. The molecular weight excluding hydrogens is 224 g/mol. The summed E-state index contributed by atoms with van der Waals surface area (Å²) in [6.45, 7) is 3.54. The molecule has 1 saturated heterocycles. The molecule has 1 aliphatic heterocycles. The van der Waals surface area contributed by atoms with E-state index >= 15 is 0 Å². The van der Waals surface area contributed by atoms with Crippen molar-refractivity contribution in [1.82, 2.24) is 4.90 Å². The van der Waals surface area contributed by atoms with E-state index in [1.165, 1.54) is 44.5 Å². The highest BCUT2D eigenvalue weighted by Gasteiger charge is 2.17. The summed E-state index contributed by atoms with van der Waals surface area (Å²) >= 11 is 0. The molecule has 0 aliphatic carbocycles. The van der Waals surface area contributed by atoms with E-state index < -0.39 is 0 Å². The van der Waals surface area contributed by atoms with Crippen LogP contribution in [-0.4, -0.2) is 37.7 Å². The summed E-state index contributed by atoms with van der Waals surface area (Å²) in [6, 6.07) is 8.22. The first kappa shape index (κ1) is 13.4. The molecule has 1 fully saturated rings. The second kappa shape index (κ2) is 6.76. The third-order valence-corrected chi connectivity index (χ3v) is 3.76. The van der Waals surface area contributed by atoms with Gasteiger partial charge in [0.1, 0.15) is 0 Å². The van der Waals surface area contributed by atoms with Crippen LogP contribution >= 0.6 is 0 Å². The van der Waals surface area contributed by atoms with Gasteiger partial charge in [0.05, 0.1) is 6.10 Å². The van der Waals surface area contributed by atoms with Gasteiger partial charge in [-0.3, -0.25) is 0 Å². The number of nitrogens with two attached hydrogens (primary N) is 1. The lowest BCUT2D eigenvalue weighted by molar-refractivity contribution is 0.0409. The van der Waals surface area contributed by atoms with Crippen LogP contribution < -0.4 is 5.73 Å². The summed E-state index contributed by atoms with van der Waals surface area (Å²) in [5.74, 6) is 0. The number of rotatable bonds is 5. The predicted octanol–water partition coefficient (Wildman–Crippen LogP) is 2.31. The van der Waals surface area contributed by atoms with Crippen molar-refractivity contribution in [1.29, 1.82) is 0 Å². The molecule has 0 bridgehead atoms. The number of hydrogen-bond donors (Lipinski definition) is 1. The Labute approximate surface area is 110 Å². The smallest absolute Gasteiger partial charge is 0.0595 e. The van der Waals surface area contributed by atoms with Crippen molar-refractivity contribution in [3.63, 3.8) is 0 Å². The zero-order valence-corrected chi connectivity index (χ0v) is 11.3. The van der Waals surface area contributed by atoms with E-state index in [0.717, 1.165) is 12.1 Å². The molecule has 0 unspecified atom stereocenters. The lowest BCUT2D eigenvalue weighted by atomic mass is 10.1. The number of nitrogen functional groups attached to an aromatic ring is 1. The van der Waals surface area contributed by atoms with Gasteiger partial charge in [0.15, 0.2) is 0 Å². The monoisotopic (exact) mass is 248 g/mol. The van der Waals surface area contributed by atoms with E-state index in [0.29, 0.717) is 6.10 Å². The molecule has 3 nitrogen and oxygen atoms in total. The Bertz CT molecular complexity index is 359. The lowest BCUT2D eigenvalue weighted by Gasteiger charge is -2.31. The molecule has 0 saturated carbocycles. The fourth-order valence-electron chi connectivity index (χ4n) is 2.62. The zero-order chi connectivity index (χ0) is 12.8. The summed E-state index contributed by atoms with van der Waals surface area (Å²) in [7, 11) is 1.82. The van der Waals surface area contributed by atoms with Crippen LogP contribution in [0, 0.1) is 0 Å². The molecule has 1 aliphatic rings. The third kappa shape index (κ3) is 4.00. The van der Waals surface area contributed by atoms with Gasteiger partial charge in [-0.1, -0.05) is 12.1 Å². The van der Waals surface area contributed by atoms with Gasteiger partial charge < -0.3 is 15.4 Å². The average molecular weight is 248 g/mol.